The number of anilines is 1. The summed E-state index contributed by atoms with van der Waals surface area (Å²) in [5, 5.41) is 9.25. The van der Waals surface area contributed by atoms with Crippen molar-refractivity contribution in [2.45, 2.75) is 32.0 Å². The molecule has 1 fully saturated rings. The Kier molecular flexibility index (Phi) is 6.93. The van der Waals surface area contributed by atoms with Crippen LogP contribution < -0.4 is 4.90 Å². The predicted octanol–water partition coefficient (Wildman–Crippen LogP) is 3.66. The molecule has 0 radical (unpaired) electrons. The summed E-state index contributed by atoms with van der Waals surface area (Å²) in [5.74, 6) is 0. The van der Waals surface area contributed by atoms with Gasteiger partial charge in [0.1, 0.15) is 0 Å². The van der Waals surface area contributed by atoms with Gasteiger partial charge >= 0.3 is 6.09 Å². The summed E-state index contributed by atoms with van der Waals surface area (Å²) in [4.78, 5) is 12.6. The van der Waals surface area contributed by atoms with Crippen LogP contribution in [-0.4, -0.2) is 37.2 Å². The quantitative estimate of drug-likeness (QED) is 0.617. The molecule has 1 heterocycles. The second-order valence-corrected chi connectivity index (χ2v) is 5.16. The predicted molar refractivity (Wildman–Crippen MR) is 85.1 cm³/mol. The molecule has 1 saturated heterocycles. The van der Waals surface area contributed by atoms with Gasteiger partial charge in [-0.25, -0.2) is 4.79 Å². The zero-order valence-corrected chi connectivity index (χ0v) is 12.7. The zero-order chi connectivity index (χ0) is 15.6. The lowest BCUT2D eigenvalue weighted by atomic mass is 10.2. The van der Waals surface area contributed by atoms with Gasteiger partial charge in [0.15, 0.2) is 6.29 Å². The van der Waals surface area contributed by atoms with E-state index in [1.165, 1.54) is 4.90 Å². The van der Waals surface area contributed by atoms with Crippen molar-refractivity contribution < 1.29 is 19.4 Å². The van der Waals surface area contributed by atoms with Gasteiger partial charge in [-0.3, -0.25) is 4.90 Å². The number of hydrogen-bond acceptors (Lipinski definition) is 3. The van der Waals surface area contributed by atoms with Crippen molar-refractivity contribution in [3.8, 4) is 0 Å². The third-order valence-corrected chi connectivity index (χ3v) is 3.48. The topological polar surface area (TPSA) is 59.0 Å². The molecule has 120 valence electrons. The van der Waals surface area contributed by atoms with Crippen LogP contribution in [0, 0.1) is 0 Å². The van der Waals surface area contributed by atoms with Crippen LogP contribution in [0.5, 0.6) is 0 Å². The summed E-state index contributed by atoms with van der Waals surface area (Å²) in [6.07, 6.45) is 6.76. The van der Waals surface area contributed by atoms with Gasteiger partial charge in [-0.2, -0.15) is 0 Å². The Balaban J connectivity index is 1.69. The summed E-state index contributed by atoms with van der Waals surface area (Å²) < 4.78 is 11.1. The summed E-state index contributed by atoms with van der Waals surface area (Å²) in [7, 11) is 0. The highest BCUT2D eigenvalue weighted by Gasteiger charge is 2.13. The van der Waals surface area contributed by atoms with Crippen LogP contribution in [0.15, 0.2) is 42.5 Å². The fourth-order valence-electron chi connectivity index (χ4n) is 2.31. The van der Waals surface area contributed by atoms with Crippen LogP contribution in [0.2, 0.25) is 0 Å². The largest absolute Gasteiger partial charge is 0.465 e. The van der Waals surface area contributed by atoms with E-state index in [0.717, 1.165) is 32.3 Å². The van der Waals surface area contributed by atoms with Gasteiger partial charge in [-0.1, -0.05) is 30.4 Å². The molecule has 0 bridgehead atoms. The lowest BCUT2D eigenvalue weighted by molar-refractivity contribution is -0.161. The number of ether oxygens (including phenoxy) is 2. The van der Waals surface area contributed by atoms with E-state index in [0.29, 0.717) is 18.8 Å². The van der Waals surface area contributed by atoms with Gasteiger partial charge in [0.2, 0.25) is 0 Å². The molecule has 1 aliphatic rings. The normalized spacial score (nSPS) is 18.5. The van der Waals surface area contributed by atoms with Crippen molar-refractivity contribution in [3.05, 3.63) is 42.5 Å². The molecule has 0 saturated carbocycles. The van der Waals surface area contributed by atoms with E-state index in [1.54, 1.807) is 12.1 Å². The zero-order valence-electron chi connectivity index (χ0n) is 12.7. The number of amides is 1. The van der Waals surface area contributed by atoms with Crippen molar-refractivity contribution in [1.82, 2.24) is 0 Å². The van der Waals surface area contributed by atoms with Crippen molar-refractivity contribution in [2.75, 3.05) is 24.7 Å². The number of carbonyl (C=O) groups is 1. The molecule has 1 unspecified atom stereocenters. The second-order valence-electron chi connectivity index (χ2n) is 5.16. The standard InChI is InChI=1S/C17H23NO4/c19-17(20)18(15-9-3-1-4-10-15)12-6-2-7-13-21-16-11-5-8-14-22-16/h1-4,6,9-10,16H,5,7-8,11-14H2,(H,19,20). The van der Waals surface area contributed by atoms with E-state index in [2.05, 4.69) is 0 Å². The molecule has 1 amide bonds. The van der Waals surface area contributed by atoms with E-state index in [-0.39, 0.29) is 6.29 Å². The number of carboxylic acid groups (broad SMARTS) is 1. The average Bonchev–Trinajstić information content (AvgIpc) is 2.55. The first-order valence-corrected chi connectivity index (χ1v) is 7.71. The summed E-state index contributed by atoms with van der Waals surface area (Å²) in [6.45, 7) is 1.71. The van der Waals surface area contributed by atoms with Crippen LogP contribution in [0.25, 0.3) is 0 Å². The smallest absolute Gasteiger partial charge is 0.412 e. The first-order valence-electron chi connectivity index (χ1n) is 7.71. The molecule has 0 aromatic heterocycles. The monoisotopic (exact) mass is 305 g/mol. The lowest BCUT2D eigenvalue weighted by Crippen LogP contribution is -2.29. The Morgan fingerprint density at radius 3 is 2.82 bits per heavy atom. The molecule has 0 aliphatic carbocycles. The SMILES string of the molecule is O=C(O)N(CC=CCCOC1CCCCO1)c1ccccc1. The number of benzene rings is 1. The fraction of sp³-hybridized carbons (Fsp3) is 0.471. The van der Waals surface area contributed by atoms with Crippen molar-refractivity contribution in [1.29, 1.82) is 0 Å². The highest BCUT2D eigenvalue weighted by molar-refractivity contribution is 5.86. The van der Waals surface area contributed by atoms with Gasteiger partial charge in [-0.15, -0.1) is 0 Å². The van der Waals surface area contributed by atoms with Crippen molar-refractivity contribution in [2.24, 2.45) is 0 Å². The van der Waals surface area contributed by atoms with Crippen LogP contribution in [0.4, 0.5) is 10.5 Å². The lowest BCUT2D eigenvalue weighted by Gasteiger charge is -2.22. The Morgan fingerprint density at radius 1 is 1.32 bits per heavy atom. The van der Waals surface area contributed by atoms with Gasteiger partial charge in [0.25, 0.3) is 0 Å². The maximum absolute atomic E-state index is 11.3. The highest BCUT2D eigenvalue weighted by Crippen LogP contribution is 2.14. The summed E-state index contributed by atoms with van der Waals surface area (Å²) >= 11 is 0. The molecule has 2 rings (SSSR count). The molecule has 1 N–H and O–H groups in total. The van der Waals surface area contributed by atoms with E-state index in [9.17, 15) is 9.90 Å². The maximum atomic E-state index is 11.3. The fourth-order valence-corrected chi connectivity index (χ4v) is 2.31. The van der Waals surface area contributed by atoms with E-state index in [4.69, 9.17) is 9.47 Å². The Labute approximate surface area is 131 Å². The average molecular weight is 305 g/mol. The highest BCUT2D eigenvalue weighted by atomic mass is 16.7. The minimum atomic E-state index is -0.956. The molecule has 22 heavy (non-hydrogen) atoms. The number of rotatable bonds is 7. The van der Waals surface area contributed by atoms with Gasteiger partial charge < -0.3 is 14.6 Å². The third-order valence-electron chi connectivity index (χ3n) is 3.48. The van der Waals surface area contributed by atoms with Crippen LogP contribution in [-0.2, 0) is 9.47 Å². The second kappa shape index (κ2) is 9.23. The van der Waals surface area contributed by atoms with Gasteiger partial charge in [0.05, 0.1) is 6.61 Å². The molecular weight excluding hydrogens is 282 g/mol. The minimum Gasteiger partial charge on any atom is -0.465 e. The van der Waals surface area contributed by atoms with E-state index < -0.39 is 6.09 Å². The molecular formula is C17H23NO4. The van der Waals surface area contributed by atoms with Crippen molar-refractivity contribution >= 4 is 11.8 Å². The van der Waals surface area contributed by atoms with Crippen LogP contribution in [0.1, 0.15) is 25.7 Å². The maximum Gasteiger partial charge on any atom is 0.412 e. The first kappa shape index (κ1) is 16.5. The van der Waals surface area contributed by atoms with Crippen LogP contribution in [0.3, 0.4) is 0 Å². The Bertz CT molecular complexity index is 469. The van der Waals surface area contributed by atoms with Crippen molar-refractivity contribution in [3.63, 3.8) is 0 Å². The molecule has 5 nitrogen and oxygen atoms in total. The Morgan fingerprint density at radius 2 is 2.14 bits per heavy atom. The molecule has 1 aromatic rings. The summed E-state index contributed by atoms with van der Waals surface area (Å²) in [6, 6.07) is 9.08. The number of hydrogen-bond donors (Lipinski definition) is 1. The Hall–Kier alpha value is -1.85. The molecule has 1 aromatic carbocycles. The first-order chi connectivity index (χ1) is 10.8. The number of para-hydroxylation sites is 1. The summed E-state index contributed by atoms with van der Waals surface area (Å²) in [5.41, 5.74) is 0.673. The van der Waals surface area contributed by atoms with E-state index >= 15 is 0 Å². The minimum absolute atomic E-state index is 0.0676. The molecule has 1 aliphatic heterocycles. The number of nitrogens with zero attached hydrogens (tertiary/aromatic N) is 1. The van der Waals surface area contributed by atoms with Gasteiger partial charge in [0, 0.05) is 18.8 Å². The molecule has 1 atom stereocenters. The van der Waals surface area contributed by atoms with E-state index in [1.807, 2.05) is 30.4 Å². The molecule has 0 spiro atoms. The third kappa shape index (κ3) is 5.50. The van der Waals surface area contributed by atoms with Crippen LogP contribution >= 0.6 is 0 Å². The van der Waals surface area contributed by atoms with Gasteiger partial charge in [-0.05, 0) is 37.8 Å². The molecule has 5 heteroatoms.